The van der Waals surface area contributed by atoms with E-state index in [2.05, 4.69) is 37.9 Å². The number of ether oxygens (including phenoxy) is 1. The highest BCUT2D eigenvalue weighted by Crippen LogP contribution is 2.28. The van der Waals surface area contributed by atoms with E-state index < -0.39 is 0 Å². The molecule has 0 N–H and O–H groups in total. The highest BCUT2D eigenvalue weighted by molar-refractivity contribution is 9.10. The second-order valence-electron chi connectivity index (χ2n) is 5.71. The van der Waals surface area contributed by atoms with Gasteiger partial charge in [0.15, 0.2) is 0 Å². The second kappa shape index (κ2) is 8.64. The molecule has 0 bridgehead atoms. The van der Waals surface area contributed by atoms with E-state index in [9.17, 15) is 4.79 Å². The molecule has 26 heavy (non-hydrogen) atoms. The van der Waals surface area contributed by atoms with Gasteiger partial charge in [-0.25, -0.2) is 0 Å². The van der Waals surface area contributed by atoms with Gasteiger partial charge in [0.05, 0.1) is 31.0 Å². The molecule has 0 saturated carbocycles. The molecule has 0 saturated heterocycles. The third kappa shape index (κ3) is 4.62. The van der Waals surface area contributed by atoms with E-state index in [1.807, 2.05) is 60.1 Å². The molecule has 3 aromatic rings. The van der Waals surface area contributed by atoms with Gasteiger partial charge in [0.2, 0.25) is 0 Å². The van der Waals surface area contributed by atoms with Gasteiger partial charge in [-0.05, 0) is 42.8 Å². The monoisotopic (exact) mass is 476 g/mol. The van der Waals surface area contributed by atoms with Gasteiger partial charge >= 0.3 is 5.97 Å². The third-order valence-corrected chi connectivity index (χ3v) is 4.95. The SMILES string of the molecule is CCOC(=O)CCn1nc(-c2ccc(Br)cc2)cc1-c1ccc(Br)cc1. The van der Waals surface area contributed by atoms with Crippen LogP contribution in [-0.4, -0.2) is 22.4 Å². The van der Waals surface area contributed by atoms with E-state index in [4.69, 9.17) is 9.84 Å². The highest BCUT2D eigenvalue weighted by Gasteiger charge is 2.13. The number of rotatable bonds is 6. The van der Waals surface area contributed by atoms with Crippen LogP contribution in [0.3, 0.4) is 0 Å². The zero-order chi connectivity index (χ0) is 18.5. The molecule has 0 aliphatic carbocycles. The Morgan fingerprint density at radius 3 is 2.15 bits per heavy atom. The topological polar surface area (TPSA) is 44.1 Å². The first kappa shape index (κ1) is 18.9. The zero-order valence-corrected chi connectivity index (χ0v) is 17.5. The summed E-state index contributed by atoms with van der Waals surface area (Å²) in [6.45, 7) is 2.67. The lowest BCUT2D eigenvalue weighted by atomic mass is 10.1. The highest BCUT2D eigenvalue weighted by atomic mass is 79.9. The maximum Gasteiger partial charge on any atom is 0.307 e. The van der Waals surface area contributed by atoms with Crippen molar-refractivity contribution in [1.82, 2.24) is 9.78 Å². The Hall–Kier alpha value is -1.92. The zero-order valence-electron chi connectivity index (χ0n) is 14.3. The van der Waals surface area contributed by atoms with Crippen molar-refractivity contribution in [2.45, 2.75) is 19.9 Å². The lowest BCUT2D eigenvalue weighted by Crippen LogP contribution is -2.10. The summed E-state index contributed by atoms with van der Waals surface area (Å²) in [5.41, 5.74) is 3.92. The van der Waals surface area contributed by atoms with Crippen molar-refractivity contribution >= 4 is 37.8 Å². The van der Waals surface area contributed by atoms with Crippen LogP contribution in [0.2, 0.25) is 0 Å². The molecule has 0 amide bonds. The Morgan fingerprint density at radius 2 is 1.58 bits per heavy atom. The average molecular weight is 478 g/mol. The van der Waals surface area contributed by atoms with Crippen molar-refractivity contribution in [3.05, 3.63) is 63.5 Å². The van der Waals surface area contributed by atoms with Crippen LogP contribution in [0.1, 0.15) is 13.3 Å². The van der Waals surface area contributed by atoms with Crippen molar-refractivity contribution < 1.29 is 9.53 Å². The number of carbonyl (C=O) groups is 1. The van der Waals surface area contributed by atoms with E-state index in [1.165, 1.54) is 0 Å². The van der Waals surface area contributed by atoms with Gasteiger partial charge in [-0.2, -0.15) is 5.10 Å². The molecular weight excluding hydrogens is 460 g/mol. The molecule has 1 aromatic heterocycles. The van der Waals surface area contributed by atoms with Crippen LogP contribution in [0.4, 0.5) is 0 Å². The number of aryl methyl sites for hydroxylation is 1. The largest absolute Gasteiger partial charge is 0.466 e. The maximum absolute atomic E-state index is 11.7. The Morgan fingerprint density at radius 1 is 1.00 bits per heavy atom. The van der Waals surface area contributed by atoms with E-state index in [1.54, 1.807) is 0 Å². The Bertz CT molecular complexity index is 887. The molecule has 0 radical (unpaired) electrons. The summed E-state index contributed by atoms with van der Waals surface area (Å²) in [5, 5.41) is 4.72. The second-order valence-corrected chi connectivity index (χ2v) is 7.54. The Labute approximate surface area is 169 Å². The number of hydrogen-bond acceptors (Lipinski definition) is 3. The molecular formula is C20H18Br2N2O2. The van der Waals surface area contributed by atoms with Crippen LogP contribution < -0.4 is 0 Å². The fourth-order valence-corrected chi connectivity index (χ4v) is 3.16. The molecule has 3 rings (SSSR count). The normalized spacial score (nSPS) is 10.7. The number of hydrogen-bond donors (Lipinski definition) is 0. The standard InChI is InChI=1S/C20H18Br2N2O2/c1-2-26-20(25)11-12-24-19(15-5-9-17(22)10-6-15)13-18(23-24)14-3-7-16(21)8-4-14/h3-10,13H,2,11-12H2,1H3. The average Bonchev–Trinajstić information content (AvgIpc) is 3.06. The van der Waals surface area contributed by atoms with Crippen LogP contribution in [0.25, 0.3) is 22.5 Å². The first-order chi connectivity index (χ1) is 12.6. The summed E-state index contributed by atoms with van der Waals surface area (Å²) >= 11 is 6.92. The molecule has 0 spiro atoms. The first-order valence-corrected chi connectivity index (χ1v) is 9.91. The number of aromatic nitrogens is 2. The fourth-order valence-electron chi connectivity index (χ4n) is 2.63. The maximum atomic E-state index is 11.7. The minimum absolute atomic E-state index is 0.213. The van der Waals surface area contributed by atoms with Gasteiger partial charge in [0.25, 0.3) is 0 Å². The van der Waals surface area contributed by atoms with Gasteiger partial charge in [-0.1, -0.05) is 56.1 Å². The lowest BCUT2D eigenvalue weighted by molar-refractivity contribution is -0.143. The van der Waals surface area contributed by atoms with Crippen LogP contribution in [0, 0.1) is 0 Å². The van der Waals surface area contributed by atoms with Crippen molar-refractivity contribution in [1.29, 1.82) is 0 Å². The van der Waals surface area contributed by atoms with Crippen molar-refractivity contribution in [3.8, 4) is 22.5 Å². The van der Waals surface area contributed by atoms with Gasteiger partial charge in [0.1, 0.15) is 0 Å². The molecule has 2 aromatic carbocycles. The minimum Gasteiger partial charge on any atom is -0.466 e. The molecule has 0 aliphatic heterocycles. The van der Waals surface area contributed by atoms with Crippen LogP contribution >= 0.6 is 31.9 Å². The summed E-state index contributed by atoms with van der Waals surface area (Å²) in [5.74, 6) is -0.213. The smallest absolute Gasteiger partial charge is 0.307 e. The lowest BCUT2D eigenvalue weighted by Gasteiger charge is -2.07. The molecule has 6 heteroatoms. The van der Waals surface area contributed by atoms with Gasteiger partial charge in [0, 0.05) is 14.5 Å². The van der Waals surface area contributed by atoms with Crippen molar-refractivity contribution in [2.24, 2.45) is 0 Å². The summed E-state index contributed by atoms with van der Waals surface area (Å²) in [4.78, 5) is 11.7. The quantitative estimate of drug-likeness (QED) is 0.428. The number of halogens is 2. The number of esters is 1. The summed E-state index contributed by atoms with van der Waals surface area (Å²) in [6.07, 6.45) is 0.291. The molecule has 0 unspecified atom stereocenters. The number of nitrogens with zero attached hydrogens (tertiary/aromatic N) is 2. The van der Waals surface area contributed by atoms with E-state index >= 15 is 0 Å². The summed E-state index contributed by atoms with van der Waals surface area (Å²) in [7, 11) is 0. The molecule has 0 fully saturated rings. The Balaban J connectivity index is 1.95. The molecule has 134 valence electrons. The Kier molecular flexibility index (Phi) is 6.27. The molecule has 0 aliphatic rings. The van der Waals surface area contributed by atoms with Crippen LogP contribution in [0.15, 0.2) is 63.5 Å². The number of carbonyl (C=O) groups excluding carboxylic acids is 1. The van der Waals surface area contributed by atoms with Crippen molar-refractivity contribution in [3.63, 3.8) is 0 Å². The minimum atomic E-state index is -0.213. The number of benzene rings is 2. The first-order valence-electron chi connectivity index (χ1n) is 8.32. The predicted octanol–water partition coefficient (Wildman–Crippen LogP) is 5.70. The molecule has 1 heterocycles. The van der Waals surface area contributed by atoms with Gasteiger partial charge in [-0.3, -0.25) is 9.48 Å². The summed E-state index contributed by atoms with van der Waals surface area (Å²) in [6, 6.07) is 18.1. The third-order valence-electron chi connectivity index (χ3n) is 3.89. The van der Waals surface area contributed by atoms with Crippen LogP contribution in [0.5, 0.6) is 0 Å². The van der Waals surface area contributed by atoms with E-state index in [0.717, 1.165) is 31.5 Å². The fraction of sp³-hybridized carbons (Fsp3) is 0.200. The molecule has 4 nitrogen and oxygen atoms in total. The van der Waals surface area contributed by atoms with Crippen molar-refractivity contribution in [2.75, 3.05) is 6.61 Å². The molecule has 0 atom stereocenters. The summed E-state index contributed by atoms with van der Waals surface area (Å²) < 4.78 is 8.96. The predicted molar refractivity (Wildman–Crippen MR) is 110 cm³/mol. The van der Waals surface area contributed by atoms with E-state index in [0.29, 0.717) is 19.6 Å². The van der Waals surface area contributed by atoms with Gasteiger partial charge < -0.3 is 4.74 Å². The van der Waals surface area contributed by atoms with Gasteiger partial charge in [-0.15, -0.1) is 0 Å². The van der Waals surface area contributed by atoms with E-state index in [-0.39, 0.29) is 5.97 Å². The van der Waals surface area contributed by atoms with Crippen LogP contribution in [-0.2, 0) is 16.1 Å².